The van der Waals surface area contributed by atoms with E-state index in [-0.39, 0.29) is 11.9 Å². The maximum Gasteiger partial charge on any atom is 0.223 e. The van der Waals surface area contributed by atoms with E-state index in [1.54, 1.807) is 11.3 Å². The van der Waals surface area contributed by atoms with Gasteiger partial charge >= 0.3 is 0 Å². The van der Waals surface area contributed by atoms with Crippen LogP contribution in [0.15, 0.2) is 53.0 Å². The average Bonchev–Trinajstić information content (AvgIpc) is 3.16. The quantitative estimate of drug-likeness (QED) is 0.427. The smallest absolute Gasteiger partial charge is 0.223 e. The highest BCUT2D eigenvalue weighted by atomic mass is 79.9. The van der Waals surface area contributed by atoms with E-state index >= 15 is 0 Å². The Kier molecular flexibility index (Phi) is 6.27. The van der Waals surface area contributed by atoms with Crippen molar-refractivity contribution < 1.29 is 9.53 Å². The molecule has 0 saturated carbocycles. The lowest BCUT2D eigenvalue weighted by Crippen LogP contribution is -2.38. The average molecular weight is 459 g/mol. The highest BCUT2D eigenvalue weighted by Crippen LogP contribution is 2.36. The Morgan fingerprint density at radius 2 is 2.00 bits per heavy atom. The maximum atomic E-state index is 12.9. The van der Waals surface area contributed by atoms with Gasteiger partial charge in [0.1, 0.15) is 10.8 Å². The lowest BCUT2D eigenvalue weighted by molar-refractivity contribution is -0.135. The number of likely N-dealkylation sites (tertiary alicyclic amines) is 1. The van der Waals surface area contributed by atoms with Gasteiger partial charge in [0, 0.05) is 13.0 Å². The van der Waals surface area contributed by atoms with Gasteiger partial charge in [-0.3, -0.25) is 4.79 Å². The van der Waals surface area contributed by atoms with Crippen molar-refractivity contribution in [3.05, 3.63) is 58.0 Å². The van der Waals surface area contributed by atoms with Crippen LogP contribution in [0.4, 0.5) is 0 Å². The zero-order chi connectivity index (χ0) is 19.3. The maximum absolute atomic E-state index is 12.9. The number of halogens is 1. The van der Waals surface area contributed by atoms with Crippen molar-refractivity contribution in [2.75, 3.05) is 13.2 Å². The molecule has 1 aromatic heterocycles. The van der Waals surface area contributed by atoms with E-state index in [1.807, 2.05) is 47.4 Å². The first-order valence-corrected chi connectivity index (χ1v) is 11.4. The second kappa shape index (κ2) is 9.05. The highest BCUT2D eigenvalue weighted by molar-refractivity contribution is 9.10. The number of aromatic nitrogens is 1. The van der Waals surface area contributed by atoms with Crippen molar-refractivity contribution in [3.63, 3.8) is 0 Å². The molecule has 0 bridgehead atoms. The summed E-state index contributed by atoms with van der Waals surface area (Å²) in [5.74, 6) is 1.03. The zero-order valence-corrected chi connectivity index (χ0v) is 18.0. The first kappa shape index (κ1) is 19.4. The lowest BCUT2D eigenvalue weighted by atomic mass is 10.0. The fraction of sp³-hybridized carbons (Fsp3) is 0.364. The molecule has 0 radical (unpaired) electrons. The number of carbonyl (C=O) groups is 1. The van der Waals surface area contributed by atoms with Crippen molar-refractivity contribution in [1.82, 2.24) is 9.88 Å². The van der Waals surface area contributed by atoms with Crippen molar-refractivity contribution in [2.24, 2.45) is 0 Å². The van der Waals surface area contributed by atoms with E-state index in [4.69, 9.17) is 9.72 Å². The monoisotopic (exact) mass is 458 g/mol. The first-order valence-electron chi connectivity index (χ1n) is 9.74. The molecule has 1 aliphatic rings. The fourth-order valence-electron chi connectivity index (χ4n) is 3.63. The van der Waals surface area contributed by atoms with Crippen molar-refractivity contribution in [3.8, 4) is 5.75 Å². The van der Waals surface area contributed by atoms with E-state index in [0.717, 1.165) is 46.6 Å². The first-order chi connectivity index (χ1) is 13.7. The summed E-state index contributed by atoms with van der Waals surface area (Å²) in [6.45, 7) is 1.36. The molecular formula is C22H23BrN2O2S. The van der Waals surface area contributed by atoms with Crippen LogP contribution in [-0.2, 0) is 4.79 Å². The summed E-state index contributed by atoms with van der Waals surface area (Å²) in [6.07, 6.45) is 4.43. The minimum absolute atomic E-state index is 0.114. The van der Waals surface area contributed by atoms with Gasteiger partial charge in [-0.1, -0.05) is 24.3 Å². The van der Waals surface area contributed by atoms with Crippen LogP contribution in [0.3, 0.4) is 0 Å². The Labute approximate surface area is 177 Å². The summed E-state index contributed by atoms with van der Waals surface area (Å²) in [5.41, 5.74) is 1.03. The SMILES string of the molecule is O=C(CCCOc1ccccc1Br)N1CCCCC1c1nc2ccccc2s1. The number of nitrogens with zero attached hydrogens (tertiary/aromatic N) is 2. The van der Waals surface area contributed by atoms with E-state index in [2.05, 4.69) is 22.0 Å². The Hall–Kier alpha value is -1.92. The second-order valence-electron chi connectivity index (χ2n) is 7.00. The number of carbonyl (C=O) groups excluding carboxylic acids is 1. The Morgan fingerprint density at radius 1 is 1.18 bits per heavy atom. The molecule has 6 heteroatoms. The van der Waals surface area contributed by atoms with Crippen LogP contribution in [0.5, 0.6) is 5.75 Å². The molecule has 146 valence electrons. The third kappa shape index (κ3) is 4.39. The fourth-order valence-corrected chi connectivity index (χ4v) is 5.14. The Morgan fingerprint density at radius 3 is 2.86 bits per heavy atom. The number of para-hydroxylation sites is 2. The molecule has 1 aliphatic heterocycles. The molecular weight excluding hydrogens is 436 g/mol. The van der Waals surface area contributed by atoms with Crippen LogP contribution in [0.25, 0.3) is 10.2 Å². The van der Waals surface area contributed by atoms with E-state index < -0.39 is 0 Å². The summed E-state index contributed by atoms with van der Waals surface area (Å²) >= 11 is 5.20. The number of fused-ring (bicyclic) bond motifs is 1. The molecule has 3 aromatic rings. The van der Waals surface area contributed by atoms with E-state index in [1.165, 1.54) is 4.70 Å². The predicted octanol–water partition coefficient (Wildman–Crippen LogP) is 5.97. The van der Waals surface area contributed by atoms with Crippen molar-refractivity contribution in [2.45, 2.75) is 38.1 Å². The van der Waals surface area contributed by atoms with Gasteiger partial charge in [0.25, 0.3) is 0 Å². The summed E-state index contributed by atoms with van der Waals surface area (Å²) in [6, 6.07) is 16.1. The number of ether oxygens (including phenoxy) is 1. The number of thiazole rings is 1. The predicted molar refractivity (Wildman–Crippen MR) is 117 cm³/mol. The molecule has 2 heterocycles. The number of hydrogen-bond donors (Lipinski definition) is 0. The van der Waals surface area contributed by atoms with Crippen LogP contribution in [0.2, 0.25) is 0 Å². The molecule has 0 aliphatic carbocycles. The van der Waals surface area contributed by atoms with Gasteiger partial charge in [-0.25, -0.2) is 4.98 Å². The third-order valence-electron chi connectivity index (χ3n) is 5.05. The normalized spacial score (nSPS) is 17.0. The van der Waals surface area contributed by atoms with E-state index in [0.29, 0.717) is 19.4 Å². The molecule has 0 N–H and O–H groups in total. The molecule has 4 nitrogen and oxygen atoms in total. The topological polar surface area (TPSA) is 42.4 Å². The summed E-state index contributed by atoms with van der Waals surface area (Å²) in [7, 11) is 0. The minimum atomic E-state index is 0.114. The number of amides is 1. The Balaban J connectivity index is 1.37. The molecule has 1 saturated heterocycles. The zero-order valence-electron chi connectivity index (χ0n) is 15.6. The molecule has 1 unspecified atom stereocenters. The van der Waals surface area contributed by atoms with Gasteiger partial charge in [-0.05, 0) is 65.9 Å². The number of piperidine rings is 1. The van der Waals surface area contributed by atoms with Crippen LogP contribution in [0, 0.1) is 0 Å². The Bertz CT molecular complexity index is 925. The van der Waals surface area contributed by atoms with Crippen LogP contribution >= 0.6 is 27.3 Å². The van der Waals surface area contributed by atoms with Crippen molar-refractivity contribution >= 4 is 43.4 Å². The van der Waals surface area contributed by atoms with Gasteiger partial charge < -0.3 is 9.64 Å². The van der Waals surface area contributed by atoms with Gasteiger partial charge in [0.2, 0.25) is 5.91 Å². The van der Waals surface area contributed by atoms with Gasteiger partial charge in [0.05, 0.1) is 27.3 Å². The standard InChI is InChI=1S/C22H23BrN2O2S/c23-16-8-1-3-11-19(16)27-15-7-13-21(26)25-14-6-5-10-18(25)22-24-17-9-2-4-12-20(17)28-22/h1-4,8-9,11-12,18H,5-7,10,13-15H2. The molecule has 28 heavy (non-hydrogen) atoms. The molecule has 4 rings (SSSR count). The molecule has 1 amide bonds. The molecule has 1 atom stereocenters. The largest absolute Gasteiger partial charge is 0.492 e. The lowest BCUT2D eigenvalue weighted by Gasteiger charge is -2.34. The van der Waals surface area contributed by atoms with Crippen molar-refractivity contribution in [1.29, 1.82) is 0 Å². The number of benzene rings is 2. The van der Waals surface area contributed by atoms with Gasteiger partial charge in [0.15, 0.2) is 0 Å². The van der Waals surface area contributed by atoms with E-state index in [9.17, 15) is 4.79 Å². The third-order valence-corrected chi connectivity index (χ3v) is 6.84. The second-order valence-corrected chi connectivity index (χ2v) is 8.92. The number of rotatable bonds is 6. The van der Waals surface area contributed by atoms with Crippen LogP contribution in [0.1, 0.15) is 43.2 Å². The van der Waals surface area contributed by atoms with Crippen LogP contribution < -0.4 is 4.74 Å². The summed E-state index contributed by atoms with van der Waals surface area (Å²) in [5, 5.41) is 1.07. The molecule has 1 fully saturated rings. The van der Waals surface area contributed by atoms with Gasteiger partial charge in [-0.15, -0.1) is 11.3 Å². The minimum Gasteiger partial charge on any atom is -0.492 e. The van der Waals surface area contributed by atoms with Crippen LogP contribution in [-0.4, -0.2) is 28.9 Å². The highest BCUT2D eigenvalue weighted by Gasteiger charge is 2.29. The molecule has 2 aromatic carbocycles. The number of hydrogen-bond acceptors (Lipinski definition) is 4. The summed E-state index contributed by atoms with van der Waals surface area (Å²) < 4.78 is 7.93. The molecule has 0 spiro atoms. The van der Waals surface area contributed by atoms with Gasteiger partial charge in [-0.2, -0.15) is 0 Å². The summed E-state index contributed by atoms with van der Waals surface area (Å²) in [4.78, 5) is 19.8.